The molecule has 1 aromatic heterocycles. The van der Waals surface area contributed by atoms with Crippen LogP contribution in [-0.2, 0) is 6.42 Å². The Kier molecular flexibility index (Phi) is 3.48. The Morgan fingerprint density at radius 3 is 2.56 bits per heavy atom. The third-order valence-corrected chi connectivity index (χ3v) is 2.88. The summed E-state index contributed by atoms with van der Waals surface area (Å²) in [6.07, 6.45) is 0.843. The molecule has 2 N–H and O–H groups in total. The van der Waals surface area contributed by atoms with Crippen molar-refractivity contribution < 1.29 is 0 Å². The fourth-order valence-corrected chi connectivity index (χ4v) is 2.18. The highest BCUT2D eigenvalue weighted by atomic mass is 15.3. The van der Waals surface area contributed by atoms with Gasteiger partial charge in [-0.3, -0.25) is 0 Å². The molecule has 0 fully saturated rings. The maximum atomic E-state index is 5.92. The molecule has 2 aromatic rings. The van der Waals surface area contributed by atoms with Gasteiger partial charge in [-0.25, -0.2) is 9.67 Å². The van der Waals surface area contributed by atoms with E-state index in [4.69, 9.17) is 5.73 Å². The highest BCUT2D eigenvalue weighted by Gasteiger charge is 2.11. The first kappa shape index (κ1) is 12.8. The van der Waals surface area contributed by atoms with Crippen molar-refractivity contribution in [2.45, 2.75) is 40.2 Å². The monoisotopic (exact) mass is 244 g/mol. The third-order valence-electron chi connectivity index (χ3n) is 2.88. The molecule has 1 heterocycles. The number of aryl methyl sites for hydroxylation is 3. The largest absolute Gasteiger partial charge is 0.328 e. The van der Waals surface area contributed by atoms with Crippen molar-refractivity contribution in [3.63, 3.8) is 0 Å². The normalized spacial score (nSPS) is 12.7. The van der Waals surface area contributed by atoms with Gasteiger partial charge in [0.1, 0.15) is 11.6 Å². The van der Waals surface area contributed by atoms with Gasteiger partial charge in [0.05, 0.1) is 5.69 Å². The van der Waals surface area contributed by atoms with Gasteiger partial charge in [0.15, 0.2) is 0 Å². The standard InChI is InChI=1S/C14H20N4/c1-9-5-6-14(13(7-9)8-10(2)15)18-12(4)16-11(3)17-18/h5-7,10H,8,15H2,1-4H3. The van der Waals surface area contributed by atoms with Crippen molar-refractivity contribution in [2.75, 3.05) is 0 Å². The minimum atomic E-state index is 0.135. The Labute approximate surface area is 108 Å². The van der Waals surface area contributed by atoms with Crippen LogP contribution < -0.4 is 5.73 Å². The average molecular weight is 244 g/mol. The summed E-state index contributed by atoms with van der Waals surface area (Å²) >= 11 is 0. The second-order valence-corrected chi connectivity index (χ2v) is 4.93. The summed E-state index contributed by atoms with van der Waals surface area (Å²) in [5.74, 6) is 1.70. The highest BCUT2D eigenvalue weighted by molar-refractivity contribution is 5.43. The van der Waals surface area contributed by atoms with E-state index in [2.05, 4.69) is 35.2 Å². The molecule has 0 saturated carbocycles. The van der Waals surface area contributed by atoms with Crippen LogP contribution >= 0.6 is 0 Å². The first-order chi connectivity index (χ1) is 8.47. The second-order valence-electron chi connectivity index (χ2n) is 4.93. The van der Waals surface area contributed by atoms with Crippen molar-refractivity contribution in [2.24, 2.45) is 5.73 Å². The summed E-state index contributed by atoms with van der Waals surface area (Å²) in [5.41, 5.74) is 9.46. The Balaban J connectivity index is 2.52. The maximum absolute atomic E-state index is 5.92. The lowest BCUT2D eigenvalue weighted by atomic mass is 10.0. The van der Waals surface area contributed by atoms with Crippen LogP contribution in [0.5, 0.6) is 0 Å². The fraction of sp³-hybridized carbons (Fsp3) is 0.429. The number of aromatic nitrogens is 3. The van der Waals surface area contributed by atoms with E-state index in [1.165, 1.54) is 11.1 Å². The molecule has 0 aliphatic heterocycles. The van der Waals surface area contributed by atoms with E-state index in [0.29, 0.717) is 0 Å². The quantitative estimate of drug-likeness (QED) is 0.899. The van der Waals surface area contributed by atoms with Crippen molar-refractivity contribution >= 4 is 0 Å². The predicted octanol–water partition coefficient (Wildman–Crippen LogP) is 2.08. The van der Waals surface area contributed by atoms with Crippen LogP contribution in [0.25, 0.3) is 5.69 Å². The minimum absolute atomic E-state index is 0.135. The maximum Gasteiger partial charge on any atom is 0.148 e. The van der Waals surface area contributed by atoms with E-state index < -0.39 is 0 Å². The molecule has 0 aliphatic rings. The Morgan fingerprint density at radius 2 is 2.00 bits per heavy atom. The molecule has 0 amide bonds. The number of rotatable bonds is 3. The van der Waals surface area contributed by atoms with Gasteiger partial charge in [-0.15, -0.1) is 0 Å². The Bertz CT molecular complexity index is 555. The van der Waals surface area contributed by atoms with Crippen molar-refractivity contribution in [1.29, 1.82) is 0 Å². The molecule has 0 radical (unpaired) electrons. The third kappa shape index (κ3) is 2.59. The van der Waals surface area contributed by atoms with E-state index >= 15 is 0 Å². The molecule has 1 atom stereocenters. The summed E-state index contributed by atoms with van der Waals surface area (Å²) < 4.78 is 1.90. The number of hydrogen-bond donors (Lipinski definition) is 1. The smallest absolute Gasteiger partial charge is 0.148 e. The summed E-state index contributed by atoms with van der Waals surface area (Å²) in [7, 11) is 0. The summed E-state index contributed by atoms with van der Waals surface area (Å²) in [4.78, 5) is 4.35. The zero-order valence-corrected chi connectivity index (χ0v) is 11.4. The topological polar surface area (TPSA) is 56.7 Å². The van der Waals surface area contributed by atoms with Crippen LogP contribution in [0.1, 0.15) is 29.7 Å². The number of nitrogens with two attached hydrogens (primary N) is 1. The van der Waals surface area contributed by atoms with E-state index in [-0.39, 0.29) is 6.04 Å². The summed E-state index contributed by atoms with van der Waals surface area (Å²) in [6, 6.07) is 6.50. The molecule has 96 valence electrons. The molecular weight excluding hydrogens is 224 g/mol. The molecule has 2 rings (SSSR count). The summed E-state index contributed by atoms with van der Waals surface area (Å²) in [6.45, 7) is 7.98. The lowest BCUT2D eigenvalue weighted by molar-refractivity contribution is 0.723. The minimum Gasteiger partial charge on any atom is -0.328 e. The van der Waals surface area contributed by atoms with E-state index in [9.17, 15) is 0 Å². The fourth-order valence-electron chi connectivity index (χ4n) is 2.18. The zero-order chi connectivity index (χ0) is 13.3. The second kappa shape index (κ2) is 4.90. The van der Waals surface area contributed by atoms with Crippen molar-refractivity contribution in [3.8, 4) is 5.69 Å². The van der Waals surface area contributed by atoms with E-state index in [1.807, 2.05) is 25.5 Å². The average Bonchev–Trinajstić information content (AvgIpc) is 2.57. The van der Waals surface area contributed by atoms with Crippen molar-refractivity contribution in [3.05, 3.63) is 41.0 Å². The molecule has 1 aromatic carbocycles. The molecule has 4 heteroatoms. The number of hydrogen-bond acceptors (Lipinski definition) is 3. The van der Waals surface area contributed by atoms with Crippen LogP contribution in [-0.4, -0.2) is 20.8 Å². The molecule has 4 nitrogen and oxygen atoms in total. The van der Waals surface area contributed by atoms with Gasteiger partial charge in [0.25, 0.3) is 0 Å². The lowest BCUT2D eigenvalue weighted by Gasteiger charge is -2.13. The van der Waals surface area contributed by atoms with Gasteiger partial charge >= 0.3 is 0 Å². The lowest BCUT2D eigenvalue weighted by Crippen LogP contribution is -2.19. The zero-order valence-electron chi connectivity index (χ0n) is 11.4. The summed E-state index contributed by atoms with van der Waals surface area (Å²) in [5, 5.41) is 4.44. The van der Waals surface area contributed by atoms with Crippen LogP contribution in [0.15, 0.2) is 18.2 Å². The van der Waals surface area contributed by atoms with Gasteiger partial charge < -0.3 is 5.73 Å². The predicted molar refractivity (Wildman–Crippen MR) is 72.9 cm³/mol. The van der Waals surface area contributed by atoms with Crippen LogP contribution in [0.2, 0.25) is 0 Å². The van der Waals surface area contributed by atoms with Gasteiger partial charge in [0.2, 0.25) is 0 Å². The van der Waals surface area contributed by atoms with Crippen LogP contribution in [0.3, 0.4) is 0 Å². The molecule has 0 bridgehead atoms. The first-order valence-corrected chi connectivity index (χ1v) is 6.23. The molecule has 18 heavy (non-hydrogen) atoms. The molecule has 0 aliphatic carbocycles. The van der Waals surface area contributed by atoms with E-state index in [0.717, 1.165) is 23.8 Å². The molecule has 1 unspecified atom stereocenters. The first-order valence-electron chi connectivity index (χ1n) is 6.23. The van der Waals surface area contributed by atoms with Crippen LogP contribution in [0.4, 0.5) is 0 Å². The molecule has 0 spiro atoms. The number of benzene rings is 1. The SMILES string of the molecule is Cc1ccc(-n2nc(C)nc2C)c(CC(C)N)c1. The Morgan fingerprint density at radius 1 is 1.28 bits per heavy atom. The number of nitrogens with zero attached hydrogens (tertiary/aromatic N) is 3. The van der Waals surface area contributed by atoms with Crippen LogP contribution in [0, 0.1) is 20.8 Å². The molecular formula is C14H20N4. The van der Waals surface area contributed by atoms with Crippen molar-refractivity contribution in [1.82, 2.24) is 14.8 Å². The molecule has 0 saturated heterocycles. The van der Waals surface area contributed by atoms with E-state index in [1.54, 1.807) is 0 Å². The van der Waals surface area contributed by atoms with Gasteiger partial charge in [0, 0.05) is 6.04 Å². The van der Waals surface area contributed by atoms with Gasteiger partial charge in [-0.05, 0) is 45.7 Å². The van der Waals surface area contributed by atoms with Gasteiger partial charge in [-0.2, -0.15) is 5.10 Å². The van der Waals surface area contributed by atoms with Gasteiger partial charge in [-0.1, -0.05) is 17.7 Å². The highest BCUT2D eigenvalue weighted by Crippen LogP contribution is 2.18. The Hall–Kier alpha value is -1.68.